The SMILES string of the molecule is CCC.c1ccc2c(c1)OCCO2. The van der Waals surface area contributed by atoms with Gasteiger partial charge in [0.05, 0.1) is 0 Å². The fourth-order valence-electron chi connectivity index (χ4n) is 0.992. The molecule has 2 rings (SSSR count). The summed E-state index contributed by atoms with van der Waals surface area (Å²) >= 11 is 0. The van der Waals surface area contributed by atoms with E-state index in [1.807, 2.05) is 24.3 Å². The Bertz CT molecular complexity index is 221. The fourth-order valence-corrected chi connectivity index (χ4v) is 0.992. The van der Waals surface area contributed by atoms with Gasteiger partial charge in [-0.05, 0) is 12.1 Å². The second-order valence-electron chi connectivity index (χ2n) is 2.85. The summed E-state index contributed by atoms with van der Waals surface area (Å²) in [5.41, 5.74) is 0. The first-order chi connectivity index (χ1) is 6.38. The van der Waals surface area contributed by atoms with E-state index in [4.69, 9.17) is 9.47 Å². The predicted octanol–water partition coefficient (Wildman–Crippen LogP) is 2.87. The number of fused-ring (bicyclic) bond motifs is 1. The Balaban J connectivity index is 0.000000251. The van der Waals surface area contributed by atoms with Gasteiger partial charge in [-0.3, -0.25) is 0 Å². The van der Waals surface area contributed by atoms with Gasteiger partial charge in [-0.15, -0.1) is 0 Å². The molecule has 0 aliphatic carbocycles. The second kappa shape index (κ2) is 5.46. The summed E-state index contributed by atoms with van der Waals surface area (Å²) in [6, 6.07) is 7.70. The lowest BCUT2D eigenvalue weighted by Crippen LogP contribution is -2.14. The van der Waals surface area contributed by atoms with Crippen molar-refractivity contribution >= 4 is 0 Å². The van der Waals surface area contributed by atoms with E-state index in [1.54, 1.807) is 0 Å². The Morgan fingerprint density at radius 3 is 1.77 bits per heavy atom. The van der Waals surface area contributed by atoms with Crippen molar-refractivity contribution in [1.29, 1.82) is 0 Å². The van der Waals surface area contributed by atoms with Gasteiger partial charge in [-0.1, -0.05) is 32.4 Å². The number of ether oxygens (including phenoxy) is 2. The molecular formula is C11H16O2. The zero-order valence-corrected chi connectivity index (χ0v) is 8.25. The molecule has 0 fully saturated rings. The Hall–Kier alpha value is -1.18. The highest BCUT2D eigenvalue weighted by Crippen LogP contribution is 2.28. The number of rotatable bonds is 0. The molecule has 0 N–H and O–H groups in total. The summed E-state index contributed by atoms with van der Waals surface area (Å²) in [7, 11) is 0. The van der Waals surface area contributed by atoms with Crippen LogP contribution in [0.4, 0.5) is 0 Å². The molecule has 2 nitrogen and oxygen atoms in total. The average molecular weight is 180 g/mol. The van der Waals surface area contributed by atoms with Crippen LogP contribution >= 0.6 is 0 Å². The molecule has 0 bridgehead atoms. The van der Waals surface area contributed by atoms with Crippen molar-refractivity contribution < 1.29 is 9.47 Å². The van der Waals surface area contributed by atoms with Gasteiger partial charge in [0.25, 0.3) is 0 Å². The van der Waals surface area contributed by atoms with Gasteiger partial charge >= 0.3 is 0 Å². The standard InChI is InChI=1S/C8H8O2.C3H8/c1-2-4-8-7(3-1)9-5-6-10-8;1-3-2/h1-4H,5-6H2;3H2,1-2H3. The van der Waals surface area contributed by atoms with Crippen molar-refractivity contribution in [2.24, 2.45) is 0 Å². The monoisotopic (exact) mass is 180 g/mol. The van der Waals surface area contributed by atoms with Gasteiger partial charge in [0.2, 0.25) is 0 Å². The van der Waals surface area contributed by atoms with E-state index in [9.17, 15) is 0 Å². The lowest BCUT2D eigenvalue weighted by atomic mass is 10.3. The van der Waals surface area contributed by atoms with E-state index in [0.29, 0.717) is 13.2 Å². The number of hydrogen-bond acceptors (Lipinski definition) is 2. The molecular weight excluding hydrogens is 164 g/mol. The number of para-hydroxylation sites is 2. The van der Waals surface area contributed by atoms with Gasteiger partial charge in [-0.25, -0.2) is 0 Å². The molecule has 2 heteroatoms. The zero-order chi connectivity index (χ0) is 9.52. The molecule has 0 amide bonds. The van der Waals surface area contributed by atoms with E-state index in [2.05, 4.69) is 13.8 Å². The topological polar surface area (TPSA) is 18.5 Å². The zero-order valence-electron chi connectivity index (χ0n) is 8.25. The summed E-state index contributed by atoms with van der Waals surface area (Å²) in [6.07, 6.45) is 1.25. The van der Waals surface area contributed by atoms with Crippen LogP contribution in [0.5, 0.6) is 11.5 Å². The highest BCUT2D eigenvalue weighted by Gasteiger charge is 2.07. The first kappa shape index (κ1) is 9.90. The molecule has 0 aromatic heterocycles. The van der Waals surface area contributed by atoms with Crippen molar-refractivity contribution in [3.63, 3.8) is 0 Å². The van der Waals surface area contributed by atoms with Crippen LogP contribution in [0.15, 0.2) is 24.3 Å². The third-order valence-corrected chi connectivity index (χ3v) is 1.45. The molecule has 1 aliphatic rings. The Kier molecular flexibility index (Phi) is 4.16. The minimum absolute atomic E-state index is 0.664. The predicted molar refractivity (Wildman–Crippen MR) is 53.4 cm³/mol. The van der Waals surface area contributed by atoms with E-state index in [1.165, 1.54) is 6.42 Å². The summed E-state index contributed by atoms with van der Waals surface area (Å²) in [6.45, 7) is 5.58. The summed E-state index contributed by atoms with van der Waals surface area (Å²) in [5.74, 6) is 1.71. The Morgan fingerprint density at radius 2 is 1.38 bits per heavy atom. The maximum atomic E-state index is 5.30. The van der Waals surface area contributed by atoms with Crippen LogP contribution in [0.2, 0.25) is 0 Å². The minimum Gasteiger partial charge on any atom is -0.486 e. The molecule has 0 unspecified atom stereocenters. The maximum Gasteiger partial charge on any atom is 0.161 e. The lowest BCUT2D eigenvalue weighted by Gasteiger charge is -2.17. The van der Waals surface area contributed by atoms with Gasteiger partial charge in [0, 0.05) is 0 Å². The third-order valence-electron chi connectivity index (χ3n) is 1.45. The molecule has 0 spiro atoms. The smallest absolute Gasteiger partial charge is 0.161 e. The molecule has 13 heavy (non-hydrogen) atoms. The van der Waals surface area contributed by atoms with Crippen molar-refractivity contribution in [3.8, 4) is 11.5 Å². The van der Waals surface area contributed by atoms with Crippen LogP contribution in [-0.4, -0.2) is 13.2 Å². The molecule has 1 aromatic rings. The summed E-state index contributed by atoms with van der Waals surface area (Å²) in [5, 5.41) is 0. The first-order valence-electron chi connectivity index (χ1n) is 4.73. The molecule has 1 aliphatic heterocycles. The van der Waals surface area contributed by atoms with Crippen LogP contribution in [-0.2, 0) is 0 Å². The molecule has 0 radical (unpaired) electrons. The summed E-state index contributed by atoms with van der Waals surface area (Å²) in [4.78, 5) is 0. The molecule has 1 aromatic carbocycles. The quantitative estimate of drug-likeness (QED) is 0.611. The van der Waals surface area contributed by atoms with E-state index < -0.39 is 0 Å². The molecule has 0 saturated heterocycles. The summed E-state index contributed by atoms with van der Waals surface area (Å²) < 4.78 is 10.6. The van der Waals surface area contributed by atoms with E-state index in [-0.39, 0.29) is 0 Å². The molecule has 1 heterocycles. The van der Waals surface area contributed by atoms with Gasteiger partial charge < -0.3 is 9.47 Å². The molecule has 0 atom stereocenters. The average Bonchev–Trinajstić information content (AvgIpc) is 2.19. The van der Waals surface area contributed by atoms with Crippen molar-refractivity contribution in [2.75, 3.05) is 13.2 Å². The number of benzene rings is 1. The van der Waals surface area contributed by atoms with Crippen molar-refractivity contribution in [3.05, 3.63) is 24.3 Å². The van der Waals surface area contributed by atoms with Gasteiger partial charge in [0.15, 0.2) is 11.5 Å². The van der Waals surface area contributed by atoms with Crippen molar-refractivity contribution in [2.45, 2.75) is 20.3 Å². The van der Waals surface area contributed by atoms with Crippen LogP contribution in [0.25, 0.3) is 0 Å². The van der Waals surface area contributed by atoms with E-state index >= 15 is 0 Å². The largest absolute Gasteiger partial charge is 0.486 e. The molecule has 72 valence electrons. The van der Waals surface area contributed by atoms with Crippen molar-refractivity contribution in [1.82, 2.24) is 0 Å². The normalized spacial score (nSPS) is 12.8. The van der Waals surface area contributed by atoms with Gasteiger partial charge in [0.1, 0.15) is 13.2 Å². The van der Waals surface area contributed by atoms with Crippen LogP contribution in [0, 0.1) is 0 Å². The van der Waals surface area contributed by atoms with Crippen LogP contribution in [0.1, 0.15) is 20.3 Å². The lowest BCUT2D eigenvalue weighted by molar-refractivity contribution is 0.171. The number of hydrogen-bond donors (Lipinski definition) is 0. The minimum atomic E-state index is 0.664. The Morgan fingerprint density at radius 1 is 1.00 bits per heavy atom. The van der Waals surface area contributed by atoms with Crippen LogP contribution < -0.4 is 9.47 Å². The maximum absolute atomic E-state index is 5.30. The Labute approximate surface area is 79.5 Å². The van der Waals surface area contributed by atoms with Gasteiger partial charge in [-0.2, -0.15) is 0 Å². The van der Waals surface area contributed by atoms with Crippen LogP contribution in [0.3, 0.4) is 0 Å². The van der Waals surface area contributed by atoms with E-state index in [0.717, 1.165) is 11.5 Å². The fraction of sp³-hybridized carbons (Fsp3) is 0.455. The third kappa shape index (κ3) is 2.98. The second-order valence-corrected chi connectivity index (χ2v) is 2.85. The highest BCUT2D eigenvalue weighted by atomic mass is 16.6. The highest BCUT2D eigenvalue weighted by molar-refractivity contribution is 5.40. The first-order valence-corrected chi connectivity index (χ1v) is 4.73. The molecule has 0 saturated carbocycles.